The van der Waals surface area contributed by atoms with Gasteiger partial charge in [0.15, 0.2) is 0 Å². The van der Waals surface area contributed by atoms with E-state index in [2.05, 4.69) is 10.7 Å². The molecule has 0 atom stereocenters. The van der Waals surface area contributed by atoms with Crippen molar-refractivity contribution < 1.29 is 14.5 Å². The van der Waals surface area contributed by atoms with Crippen LogP contribution in [0.5, 0.6) is 0 Å². The lowest BCUT2D eigenvalue weighted by molar-refractivity contribution is -0.384. The van der Waals surface area contributed by atoms with Crippen LogP contribution in [0, 0.1) is 10.1 Å². The second kappa shape index (κ2) is 6.31. The van der Waals surface area contributed by atoms with E-state index in [4.69, 9.17) is 10.6 Å². The van der Waals surface area contributed by atoms with E-state index in [9.17, 15) is 14.9 Å². The summed E-state index contributed by atoms with van der Waals surface area (Å²) in [6.45, 7) is 3.79. The van der Waals surface area contributed by atoms with Gasteiger partial charge in [0.1, 0.15) is 11.3 Å². The van der Waals surface area contributed by atoms with E-state index in [0.717, 1.165) is 0 Å². The minimum Gasteiger partial charge on any atom is -0.382 e. The summed E-state index contributed by atoms with van der Waals surface area (Å²) in [4.78, 5) is 22.6. The highest BCUT2D eigenvalue weighted by molar-refractivity contribution is 6.00. The highest BCUT2D eigenvalue weighted by Gasteiger charge is 2.28. The fourth-order valence-corrected chi connectivity index (χ4v) is 1.81. The summed E-state index contributed by atoms with van der Waals surface area (Å²) in [5.41, 5.74) is 1.22. The maximum atomic E-state index is 12.2. The van der Waals surface area contributed by atoms with E-state index >= 15 is 0 Å². The maximum absolute atomic E-state index is 12.2. The number of hydrazine groups is 1. The van der Waals surface area contributed by atoms with E-state index in [1.807, 2.05) is 0 Å². The molecule has 1 rings (SSSR count). The number of nitrogens with one attached hydrogen (secondary N) is 2. The van der Waals surface area contributed by atoms with Gasteiger partial charge in [-0.1, -0.05) is 6.07 Å². The number of carbonyl (C=O) groups is 1. The zero-order chi connectivity index (χ0) is 15.3. The summed E-state index contributed by atoms with van der Waals surface area (Å²) >= 11 is 0. The van der Waals surface area contributed by atoms with Gasteiger partial charge >= 0.3 is 5.69 Å². The topological polar surface area (TPSA) is 120 Å². The van der Waals surface area contributed by atoms with Crippen LogP contribution in [0.25, 0.3) is 0 Å². The quantitative estimate of drug-likeness (QED) is 0.407. The number of carbonyl (C=O) groups excluding carboxylic acids is 1. The Balaban J connectivity index is 3.13. The van der Waals surface area contributed by atoms with Crippen LogP contribution in [-0.2, 0) is 4.74 Å². The van der Waals surface area contributed by atoms with E-state index in [1.165, 1.54) is 25.3 Å². The molecule has 1 aromatic carbocycles. The monoisotopic (exact) mass is 282 g/mol. The fraction of sp³-hybridized carbons (Fsp3) is 0.417. The first kappa shape index (κ1) is 15.9. The molecule has 8 heteroatoms. The first-order chi connectivity index (χ1) is 9.32. The molecular weight excluding hydrogens is 264 g/mol. The summed E-state index contributed by atoms with van der Waals surface area (Å²) < 4.78 is 4.99. The third kappa shape index (κ3) is 3.65. The van der Waals surface area contributed by atoms with Gasteiger partial charge in [0.05, 0.1) is 17.1 Å². The van der Waals surface area contributed by atoms with Gasteiger partial charge in [0.2, 0.25) is 0 Å². The number of hydrogen-bond acceptors (Lipinski definition) is 6. The van der Waals surface area contributed by atoms with Crippen LogP contribution in [0.1, 0.15) is 24.2 Å². The number of hydrogen-bond donors (Lipinski definition) is 3. The second-order valence-electron chi connectivity index (χ2n) is 4.87. The highest BCUT2D eigenvalue weighted by Crippen LogP contribution is 2.28. The number of benzene rings is 1. The Morgan fingerprint density at radius 1 is 1.50 bits per heavy atom. The Hall–Kier alpha value is -2.19. The van der Waals surface area contributed by atoms with Crippen molar-refractivity contribution in [3.8, 4) is 0 Å². The summed E-state index contributed by atoms with van der Waals surface area (Å²) in [5.74, 6) is 4.67. The van der Waals surface area contributed by atoms with Crippen molar-refractivity contribution in [2.24, 2.45) is 5.84 Å². The van der Waals surface area contributed by atoms with Crippen LogP contribution in [0.4, 0.5) is 11.4 Å². The lowest BCUT2D eigenvalue weighted by atomic mass is 10.0. The van der Waals surface area contributed by atoms with E-state index in [-0.39, 0.29) is 23.5 Å². The van der Waals surface area contributed by atoms with E-state index in [0.29, 0.717) is 0 Å². The van der Waals surface area contributed by atoms with Gasteiger partial charge in [-0.2, -0.15) is 0 Å². The number of anilines is 1. The first-order valence-electron chi connectivity index (χ1n) is 5.88. The minimum absolute atomic E-state index is 0.0605. The molecule has 0 aromatic heterocycles. The zero-order valence-corrected chi connectivity index (χ0v) is 11.6. The number of para-hydroxylation sites is 1. The molecule has 110 valence electrons. The predicted molar refractivity (Wildman–Crippen MR) is 74.3 cm³/mol. The molecule has 0 bridgehead atoms. The number of nitrogen functional groups attached to an aromatic ring is 1. The lowest BCUT2D eigenvalue weighted by Gasteiger charge is -2.25. The van der Waals surface area contributed by atoms with Crippen LogP contribution >= 0.6 is 0 Å². The number of amides is 1. The Morgan fingerprint density at radius 3 is 2.65 bits per heavy atom. The van der Waals surface area contributed by atoms with Gasteiger partial charge in [0.25, 0.3) is 5.91 Å². The largest absolute Gasteiger partial charge is 0.382 e. The van der Waals surface area contributed by atoms with E-state index in [1.54, 1.807) is 13.8 Å². The molecule has 0 unspecified atom stereocenters. The number of nitro groups is 1. The zero-order valence-electron chi connectivity index (χ0n) is 11.6. The van der Waals surface area contributed by atoms with Crippen LogP contribution < -0.4 is 16.6 Å². The van der Waals surface area contributed by atoms with Crippen molar-refractivity contribution in [2.75, 3.05) is 19.1 Å². The molecule has 1 aromatic rings. The molecule has 0 aliphatic carbocycles. The smallest absolute Gasteiger partial charge is 0.306 e. The molecular formula is C12H18N4O4. The van der Waals surface area contributed by atoms with Gasteiger partial charge < -0.3 is 15.5 Å². The van der Waals surface area contributed by atoms with E-state index < -0.39 is 16.4 Å². The Morgan fingerprint density at radius 2 is 2.15 bits per heavy atom. The Bertz CT molecular complexity index is 516. The SMILES string of the molecule is COCC(C)(C)NC(=O)c1cccc(NN)c1[N+](=O)[O-]. The lowest BCUT2D eigenvalue weighted by Crippen LogP contribution is -2.46. The van der Waals surface area contributed by atoms with Gasteiger partial charge in [-0.15, -0.1) is 0 Å². The summed E-state index contributed by atoms with van der Waals surface area (Å²) in [7, 11) is 1.51. The number of ether oxygens (including phenoxy) is 1. The molecule has 0 aliphatic heterocycles. The normalized spacial score (nSPS) is 11.0. The fourth-order valence-electron chi connectivity index (χ4n) is 1.81. The van der Waals surface area contributed by atoms with Gasteiger partial charge in [-0.25, -0.2) is 0 Å². The molecule has 0 fully saturated rings. The average Bonchev–Trinajstić information content (AvgIpc) is 2.36. The number of nitro benzene ring substituents is 1. The molecule has 0 aliphatic rings. The second-order valence-corrected chi connectivity index (χ2v) is 4.87. The molecule has 20 heavy (non-hydrogen) atoms. The molecule has 0 radical (unpaired) electrons. The third-order valence-corrected chi connectivity index (χ3v) is 2.58. The van der Waals surface area contributed by atoms with Crippen molar-refractivity contribution in [1.29, 1.82) is 0 Å². The van der Waals surface area contributed by atoms with Crippen LogP contribution in [0.3, 0.4) is 0 Å². The average molecular weight is 282 g/mol. The van der Waals surface area contributed by atoms with Crippen molar-refractivity contribution >= 4 is 17.3 Å². The van der Waals surface area contributed by atoms with Crippen LogP contribution in [0.15, 0.2) is 18.2 Å². The van der Waals surface area contributed by atoms with Crippen molar-refractivity contribution in [2.45, 2.75) is 19.4 Å². The molecule has 1 amide bonds. The molecule has 4 N–H and O–H groups in total. The standard InChI is InChI=1S/C12H18N4O4/c1-12(2,7-20-3)14-11(17)8-5-4-6-9(15-13)10(8)16(18)19/h4-6,15H,7,13H2,1-3H3,(H,14,17). The summed E-state index contributed by atoms with van der Waals surface area (Å²) in [5, 5.41) is 13.8. The van der Waals surface area contributed by atoms with Gasteiger partial charge in [0, 0.05) is 7.11 Å². The molecule has 8 nitrogen and oxygen atoms in total. The van der Waals surface area contributed by atoms with Gasteiger partial charge in [-0.3, -0.25) is 20.8 Å². The van der Waals surface area contributed by atoms with Gasteiger partial charge in [-0.05, 0) is 26.0 Å². The molecule has 0 spiro atoms. The summed E-state index contributed by atoms with van der Waals surface area (Å²) in [6.07, 6.45) is 0. The molecule has 0 saturated heterocycles. The molecule has 0 heterocycles. The number of nitrogens with two attached hydrogens (primary N) is 1. The van der Waals surface area contributed by atoms with Crippen molar-refractivity contribution in [3.63, 3.8) is 0 Å². The maximum Gasteiger partial charge on any atom is 0.306 e. The Kier molecular flexibility index (Phi) is 5.00. The van der Waals surface area contributed by atoms with Crippen molar-refractivity contribution in [1.82, 2.24) is 5.32 Å². The predicted octanol–water partition coefficient (Wildman–Crippen LogP) is 1.04. The number of rotatable bonds is 6. The Labute approximate surface area is 116 Å². The molecule has 0 saturated carbocycles. The summed E-state index contributed by atoms with van der Waals surface area (Å²) in [6, 6.07) is 4.31. The minimum atomic E-state index is -0.647. The number of nitrogens with zero attached hydrogens (tertiary/aromatic N) is 1. The number of methoxy groups -OCH3 is 1. The first-order valence-corrected chi connectivity index (χ1v) is 5.88. The van der Waals surface area contributed by atoms with Crippen LogP contribution in [0.2, 0.25) is 0 Å². The van der Waals surface area contributed by atoms with Crippen LogP contribution in [-0.4, -0.2) is 30.1 Å². The van der Waals surface area contributed by atoms with Crippen molar-refractivity contribution in [3.05, 3.63) is 33.9 Å². The third-order valence-electron chi connectivity index (χ3n) is 2.58. The highest BCUT2D eigenvalue weighted by atomic mass is 16.6.